The van der Waals surface area contributed by atoms with Crippen molar-refractivity contribution in [3.63, 3.8) is 0 Å². The van der Waals surface area contributed by atoms with Crippen LogP contribution in [-0.4, -0.2) is 42.7 Å². The van der Waals surface area contributed by atoms with Gasteiger partial charge in [0.1, 0.15) is 23.4 Å². The number of aromatic nitrogens is 6. The Labute approximate surface area is 159 Å². The summed E-state index contributed by atoms with van der Waals surface area (Å²) in [5, 5.41) is 7.65. The number of carbonyl (C=O) groups excluding carboxylic acids is 1. The summed E-state index contributed by atoms with van der Waals surface area (Å²) in [6.45, 7) is 1.94. The molecule has 0 bridgehead atoms. The second-order valence-electron chi connectivity index (χ2n) is 6.64. The molecule has 0 saturated heterocycles. The van der Waals surface area contributed by atoms with E-state index in [9.17, 15) is 4.79 Å². The predicted molar refractivity (Wildman–Crippen MR) is 102 cm³/mol. The quantitative estimate of drug-likeness (QED) is 0.569. The van der Waals surface area contributed by atoms with E-state index in [1.807, 2.05) is 31.2 Å². The fraction of sp³-hybridized carbons (Fsp3) is 0.211. The number of benzene rings is 1. The van der Waals surface area contributed by atoms with Crippen LogP contribution in [0.1, 0.15) is 29.2 Å². The molecule has 0 spiro atoms. The van der Waals surface area contributed by atoms with Crippen molar-refractivity contribution in [3.8, 4) is 11.6 Å². The van der Waals surface area contributed by atoms with Crippen molar-refractivity contribution in [1.82, 2.24) is 29.7 Å². The number of anilines is 1. The Bertz CT molecular complexity index is 1210. The monoisotopic (exact) mass is 375 g/mol. The largest absolute Gasteiger partial charge is 0.497 e. The third-order valence-corrected chi connectivity index (χ3v) is 5.00. The van der Waals surface area contributed by atoms with Crippen LogP contribution in [-0.2, 0) is 4.79 Å². The average molecular weight is 375 g/mol. The number of nitrogens with zero attached hydrogens (tertiary/aromatic N) is 5. The highest BCUT2D eigenvalue weighted by atomic mass is 16.5. The molecule has 4 aromatic rings. The average Bonchev–Trinajstić information content (AvgIpc) is 3.32. The van der Waals surface area contributed by atoms with Crippen LogP contribution in [0, 0.1) is 6.92 Å². The van der Waals surface area contributed by atoms with Crippen LogP contribution in [0.15, 0.2) is 36.9 Å². The summed E-state index contributed by atoms with van der Waals surface area (Å²) in [6.07, 6.45) is 3.34. The van der Waals surface area contributed by atoms with Crippen LogP contribution in [0.4, 0.5) is 5.82 Å². The van der Waals surface area contributed by atoms with Crippen molar-refractivity contribution < 1.29 is 9.53 Å². The number of nitrogens with one attached hydrogen (secondary N) is 2. The van der Waals surface area contributed by atoms with E-state index >= 15 is 0 Å². The molecular weight excluding hydrogens is 358 g/mol. The van der Waals surface area contributed by atoms with Gasteiger partial charge in [-0.15, -0.1) is 0 Å². The molecule has 4 heterocycles. The van der Waals surface area contributed by atoms with Gasteiger partial charge in [-0.25, -0.2) is 15.0 Å². The number of H-pyrrole nitrogens is 1. The van der Waals surface area contributed by atoms with Crippen LogP contribution in [0.2, 0.25) is 0 Å². The Morgan fingerprint density at radius 2 is 2.14 bits per heavy atom. The zero-order valence-corrected chi connectivity index (χ0v) is 15.3. The number of rotatable bonds is 3. The zero-order chi connectivity index (χ0) is 19.3. The summed E-state index contributed by atoms with van der Waals surface area (Å²) in [5.41, 5.74) is 4.00. The van der Waals surface area contributed by atoms with Crippen molar-refractivity contribution in [3.05, 3.63) is 53.7 Å². The molecule has 0 radical (unpaired) electrons. The predicted octanol–water partition coefficient (Wildman–Crippen LogP) is 2.33. The third kappa shape index (κ3) is 2.43. The number of aromatic amines is 1. The SMILES string of the molecule is COc1cccc([C@H]2CC(=O)Nc3c2c(C)nn3-c2ncnc3nc[nH]c23)c1. The summed E-state index contributed by atoms with van der Waals surface area (Å²) >= 11 is 0. The molecule has 0 saturated carbocycles. The Morgan fingerprint density at radius 3 is 3.00 bits per heavy atom. The second kappa shape index (κ2) is 6.15. The zero-order valence-electron chi connectivity index (χ0n) is 15.3. The maximum absolute atomic E-state index is 12.5. The molecule has 28 heavy (non-hydrogen) atoms. The highest BCUT2D eigenvalue weighted by Gasteiger charge is 2.33. The summed E-state index contributed by atoms with van der Waals surface area (Å²) in [4.78, 5) is 28.3. The minimum Gasteiger partial charge on any atom is -0.497 e. The van der Waals surface area contributed by atoms with Crippen molar-refractivity contribution in [2.45, 2.75) is 19.3 Å². The van der Waals surface area contributed by atoms with Gasteiger partial charge in [-0.1, -0.05) is 12.1 Å². The number of imidazole rings is 1. The highest BCUT2D eigenvalue weighted by molar-refractivity contribution is 5.95. The van der Waals surface area contributed by atoms with Gasteiger partial charge >= 0.3 is 0 Å². The smallest absolute Gasteiger partial charge is 0.226 e. The molecular formula is C19H17N7O2. The summed E-state index contributed by atoms with van der Waals surface area (Å²) in [5.74, 6) is 1.72. The fourth-order valence-electron chi connectivity index (χ4n) is 3.76. The van der Waals surface area contributed by atoms with Crippen LogP contribution < -0.4 is 10.1 Å². The Balaban J connectivity index is 1.71. The first-order chi connectivity index (χ1) is 13.7. The number of fused-ring (bicyclic) bond motifs is 2. The third-order valence-electron chi connectivity index (χ3n) is 5.00. The molecule has 9 nitrogen and oxygen atoms in total. The van der Waals surface area contributed by atoms with E-state index in [1.165, 1.54) is 6.33 Å². The number of methoxy groups -OCH3 is 1. The number of carbonyl (C=O) groups is 1. The Hall–Kier alpha value is -3.75. The van der Waals surface area contributed by atoms with Crippen molar-refractivity contribution >= 4 is 22.9 Å². The van der Waals surface area contributed by atoms with E-state index in [1.54, 1.807) is 18.1 Å². The van der Waals surface area contributed by atoms with Crippen molar-refractivity contribution in [2.75, 3.05) is 12.4 Å². The standard InChI is InChI=1S/C19H17N7O2/c1-10-15-13(11-4-3-5-12(6-11)28-2)7-14(27)24-18(15)26(25-10)19-16-17(21-8-20-16)22-9-23-19/h3-6,8-9,13H,7H2,1-2H3,(H,24,27)(H,20,21,22,23)/t13-/m1/s1. The van der Waals surface area contributed by atoms with Crippen molar-refractivity contribution in [1.29, 1.82) is 0 Å². The molecule has 3 aromatic heterocycles. The highest BCUT2D eigenvalue weighted by Crippen LogP contribution is 2.41. The summed E-state index contributed by atoms with van der Waals surface area (Å²) in [7, 11) is 1.63. The van der Waals surface area contributed by atoms with Gasteiger partial charge in [-0.2, -0.15) is 9.78 Å². The van der Waals surface area contributed by atoms with Gasteiger partial charge < -0.3 is 15.0 Å². The van der Waals surface area contributed by atoms with Crippen LogP contribution in [0.3, 0.4) is 0 Å². The molecule has 1 atom stereocenters. The molecule has 1 aliphatic rings. The lowest BCUT2D eigenvalue weighted by atomic mass is 9.86. The normalized spacial score (nSPS) is 16.1. The minimum atomic E-state index is -0.119. The fourth-order valence-corrected chi connectivity index (χ4v) is 3.76. The molecule has 1 amide bonds. The van der Waals surface area contributed by atoms with Gasteiger partial charge in [0.05, 0.1) is 19.1 Å². The Kier molecular flexibility index (Phi) is 3.61. The van der Waals surface area contributed by atoms with E-state index in [2.05, 4.69) is 30.4 Å². The van der Waals surface area contributed by atoms with Gasteiger partial charge in [-0.05, 0) is 24.6 Å². The molecule has 5 rings (SSSR count). The molecule has 2 N–H and O–H groups in total. The lowest BCUT2D eigenvalue weighted by molar-refractivity contribution is -0.116. The number of hydrogen-bond acceptors (Lipinski definition) is 6. The van der Waals surface area contributed by atoms with Gasteiger partial charge in [0.25, 0.3) is 0 Å². The second-order valence-corrected chi connectivity index (χ2v) is 6.64. The summed E-state index contributed by atoms with van der Waals surface area (Å²) < 4.78 is 7.01. The molecule has 9 heteroatoms. The first kappa shape index (κ1) is 16.4. The molecule has 1 aromatic carbocycles. The lowest BCUT2D eigenvalue weighted by Crippen LogP contribution is -2.25. The summed E-state index contributed by atoms with van der Waals surface area (Å²) in [6, 6.07) is 7.78. The van der Waals surface area contributed by atoms with Crippen molar-refractivity contribution in [2.24, 2.45) is 0 Å². The molecule has 1 aliphatic heterocycles. The van der Waals surface area contributed by atoms with Crippen LogP contribution in [0.25, 0.3) is 17.0 Å². The number of aryl methyl sites for hydroxylation is 1. The Morgan fingerprint density at radius 1 is 1.25 bits per heavy atom. The maximum atomic E-state index is 12.5. The van der Waals surface area contributed by atoms with E-state index < -0.39 is 0 Å². The maximum Gasteiger partial charge on any atom is 0.226 e. The van der Waals surface area contributed by atoms with Gasteiger partial charge in [0, 0.05) is 17.9 Å². The van der Waals surface area contributed by atoms with Gasteiger partial charge in [-0.3, -0.25) is 4.79 Å². The molecule has 140 valence electrons. The van der Waals surface area contributed by atoms with Crippen LogP contribution in [0.5, 0.6) is 5.75 Å². The molecule has 0 aliphatic carbocycles. The van der Waals surface area contributed by atoms with Crippen LogP contribution >= 0.6 is 0 Å². The first-order valence-electron chi connectivity index (χ1n) is 8.83. The van der Waals surface area contributed by atoms with E-state index in [4.69, 9.17) is 4.74 Å². The lowest BCUT2D eigenvalue weighted by Gasteiger charge is -2.24. The van der Waals surface area contributed by atoms with Gasteiger partial charge in [0.15, 0.2) is 11.5 Å². The number of ether oxygens (including phenoxy) is 1. The molecule has 0 unspecified atom stereocenters. The first-order valence-corrected chi connectivity index (χ1v) is 8.83. The van der Waals surface area contributed by atoms with E-state index in [0.29, 0.717) is 29.2 Å². The topological polar surface area (TPSA) is 111 Å². The van der Waals surface area contributed by atoms with Gasteiger partial charge in [0.2, 0.25) is 5.91 Å². The number of hydrogen-bond donors (Lipinski definition) is 2. The molecule has 0 fully saturated rings. The number of amides is 1. The minimum absolute atomic E-state index is 0.0728. The van der Waals surface area contributed by atoms with E-state index in [-0.39, 0.29) is 11.8 Å². The van der Waals surface area contributed by atoms with E-state index in [0.717, 1.165) is 22.6 Å².